The topological polar surface area (TPSA) is 39.8 Å². The normalized spacial score (nSPS) is 13.1. The molecule has 0 saturated carbocycles. The van der Waals surface area contributed by atoms with Crippen LogP contribution in [0.15, 0.2) is 59.9 Å². The molecule has 5 rings (SSSR count). The number of unbranched alkanes of at least 4 members (excludes halogenated alkanes) is 1. The Morgan fingerprint density at radius 2 is 1.81 bits per heavy atom. The molecule has 4 nitrogen and oxygen atoms in total. The molecule has 27 heavy (non-hydrogen) atoms. The number of benzene rings is 2. The van der Waals surface area contributed by atoms with E-state index >= 15 is 0 Å². The van der Waals surface area contributed by atoms with Crippen LogP contribution in [0.1, 0.15) is 25.3 Å². The molecule has 0 fully saturated rings. The summed E-state index contributed by atoms with van der Waals surface area (Å²) in [6, 6.07) is 16.0. The fraction of sp³-hybridized carbons (Fsp3) is 0.217. The largest absolute Gasteiger partial charge is 0.337 e. The van der Waals surface area contributed by atoms with Crippen molar-refractivity contribution in [2.45, 2.75) is 32.9 Å². The van der Waals surface area contributed by atoms with Gasteiger partial charge < -0.3 is 4.57 Å². The van der Waals surface area contributed by atoms with Crippen LogP contribution in [0.5, 0.6) is 0 Å². The molecule has 4 aromatic rings. The van der Waals surface area contributed by atoms with Gasteiger partial charge in [-0.05, 0) is 30.2 Å². The highest BCUT2D eigenvalue weighted by molar-refractivity contribution is 6.01. The van der Waals surface area contributed by atoms with Crippen molar-refractivity contribution in [2.24, 2.45) is 0 Å². The Morgan fingerprint density at radius 1 is 1.07 bits per heavy atom. The summed E-state index contributed by atoms with van der Waals surface area (Å²) in [7, 11) is 0. The Balaban J connectivity index is 1.93. The Labute approximate surface area is 157 Å². The third-order valence-electron chi connectivity index (χ3n) is 5.48. The maximum atomic E-state index is 13.1. The predicted molar refractivity (Wildman–Crippen MR) is 111 cm³/mol. The molecule has 0 atom stereocenters. The van der Waals surface area contributed by atoms with E-state index in [0.29, 0.717) is 11.9 Å². The van der Waals surface area contributed by atoms with Crippen molar-refractivity contribution < 1.29 is 0 Å². The van der Waals surface area contributed by atoms with Gasteiger partial charge in [0.1, 0.15) is 0 Å². The van der Waals surface area contributed by atoms with Gasteiger partial charge in [-0.15, -0.1) is 0 Å². The van der Waals surface area contributed by atoms with Gasteiger partial charge in [0.25, 0.3) is 5.56 Å². The Morgan fingerprint density at radius 3 is 2.63 bits per heavy atom. The third-order valence-corrected chi connectivity index (χ3v) is 5.48. The van der Waals surface area contributed by atoms with E-state index in [4.69, 9.17) is 4.98 Å². The number of fused-ring (bicyclic) bond motifs is 6. The van der Waals surface area contributed by atoms with Crippen LogP contribution in [-0.4, -0.2) is 14.1 Å². The first-order chi connectivity index (χ1) is 13.2. The Kier molecular flexibility index (Phi) is 3.54. The second kappa shape index (κ2) is 5.95. The highest BCUT2D eigenvalue weighted by atomic mass is 16.1. The van der Waals surface area contributed by atoms with Gasteiger partial charge in [-0.25, -0.2) is 4.98 Å². The van der Waals surface area contributed by atoms with E-state index in [1.165, 1.54) is 10.9 Å². The monoisotopic (exact) mass is 355 g/mol. The predicted octanol–water partition coefficient (Wildman–Crippen LogP) is 4.85. The molecule has 1 aliphatic rings. The summed E-state index contributed by atoms with van der Waals surface area (Å²) in [6.07, 6.45) is 2.19. The maximum absolute atomic E-state index is 13.1. The molecule has 2 aromatic heterocycles. The molecule has 0 radical (unpaired) electrons. The number of hydrogen-bond donors (Lipinski definition) is 0. The van der Waals surface area contributed by atoms with Crippen LogP contribution >= 0.6 is 0 Å². The van der Waals surface area contributed by atoms with Crippen LogP contribution in [0.3, 0.4) is 0 Å². The molecule has 0 amide bonds. The zero-order chi connectivity index (χ0) is 18.5. The molecule has 1 aliphatic heterocycles. The van der Waals surface area contributed by atoms with Crippen molar-refractivity contribution in [1.82, 2.24) is 14.1 Å². The fourth-order valence-corrected chi connectivity index (χ4v) is 4.21. The quantitative estimate of drug-likeness (QED) is 0.527. The second-order valence-corrected chi connectivity index (χ2v) is 7.19. The number of nitrogens with zero attached hydrogens (tertiary/aromatic N) is 3. The summed E-state index contributed by atoms with van der Waals surface area (Å²) in [4.78, 5) is 18.1. The second-order valence-electron chi connectivity index (χ2n) is 7.19. The van der Waals surface area contributed by atoms with Gasteiger partial charge in [-0.2, -0.15) is 0 Å². The zero-order valence-electron chi connectivity index (χ0n) is 15.4. The van der Waals surface area contributed by atoms with Crippen LogP contribution in [0.2, 0.25) is 0 Å². The summed E-state index contributed by atoms with van der Waals surface area (Å²) in [6.45, 7) is 7.91. The van der Waals surface area contributed by atoms with Crippen molar-refractivity contribution >= 4 is 27.4 Å². The number of aryl methyl sites for hydroxylation is 1. The van der Waals surface area contributed by atoms with Crippen molar-refractivity contribution in [2.75, 3.05) is 0 Å². The van der Waals surface area contributed by atoms with E-state index in [1.807, 2.05) is 24.3 Å². The van der Waals surface area contributed by atoms with Crippen molar-refractivity contribution in [1.29, 1.82) is 0 Å². The molecule has 0 spiro atoms. The molecule has 0 aliphatic carbocycles. The molecule has 0 unspecified atom stereocenters. The molecular formula is C23H21N3O. The van der Waals surface area contributed by atoms with E-state index in [1.54, 1.807) is 4.57 Å². The van der Waals surface area contributed by atoms with Crippen molar-refractivity contribution in [3.63, 3.8) is 0 Å². The van der Waals surface area contributed by atoms with Gasteiger partial charge in [0.15, 0.2) is 5.82 Å². The van der Waals surface area contributed by atoms with Crippen LogP contribution in [0.25, 0.3) is 38.9 Å². The van der Waals surface area contributed by atoms with Gasteiger partial charge in [-0.3, -0.25) is 9.36 Å². The van der Waals surface area contributed by atoms with Crippen LogP contribution in [-0.2, 0) is 13.1 Å². The number of para-hydroxylation sites is 2. The third kappa shape index (κ3) is 2.23. The van der Waals surface area contributed by atoms with E-state index in [9.17, 15) is 4.79 Å². The maximum Gasteiger partial charge on any atom is 0.262 e. The first kappa shape index (κ1) is 16.1. The summed E-state index contributed by atoms with van der Waals surface area (Å²) in [5, 5.41) is 1.86. The number of rotatable bonds is 3. The van der Waals surface area contributed by atoms with Gasteiger partial charge in [-0.1, -0.05) is 50.3 Å². The number of aromatic nitrogens is 3. The van der Waals surface area contributed by atoms with E-state index in [0.717, 1.165) is 47.6 Å². The van der Waals surface area contributed by atoms with Gasteiger partial charge >= 0.3 is 0 Å². The minimum absolute atomic E-state index is 0.00898. The minimum atomic E-state index is 0.00898. The molecular weight excluding hydrogens is 334 g/mol. The minimum Gasteiger partial charge on any atom is -0.337 e. The summed E-state index contributed by atoms with van der Waals surface area (Å²) in [5.74, 6) is 0.758. The SMILES string of the molecule is C=C1Cn2c(nc3ccccc3c2=O)-c2c1c1ccccc1n2CCCC. The van der Waals surface area contributed by atoms with Gasteiger partial charge in [0, 0.05) is 23.0 Å². The molecule has 0 N–H and O–H groups in total. The van der Waals surface area contributed by atoms with Crippen LogP contribution < -0.4 is 5.56 Å². The standard InChI is InChI=1S/C23H21N3O/c1-3-4-13-25-19-12-8-6-10-17(19)20-15(2)14-26-22(21(20)25)24-18-11-7-5-9-16(18)23(26)27/h5-12H,2-4,13-14H2,1H3. The van der Waals surface area contributed by atoms with Crippen LogP contribution in [0, 0.1) is 0 Å². The van der Waals surface area contributed by atoms with Crippen LogP contribution in [0.4, 0.5) is 0 Å². The summed E-state index contributed by atoms with van der Waals surface area (Å²) in [5.41, 5.74) is 5.10. The highest BCUT2D eigenvalue weighted by Crippen LogP contribution is 2.40. The molecule has 0 saturated heterocycles. The first-order valence-electron chi connectivity index (χ1n) is 9.50. The molecule has 134 valence electrons. The lowest BCUT2D eigenvalue weighted by atomic mass is 9.99. The molecule has 4 heteroatoms. The lowest BCUT2D eigenvalue weighted by Crippen LogP contribution is -2.27. The molecule has 3 heterocycles. The van der Waals surface area contributed by atoms with E-state index in [-0.39, 0.29) is 5.56 Å². The zero-order valence-corrected chi connectivity index (χ0v) is 15.4. The number of allylic oxidation sites excluding steroid dienone is 1. The van der Waals surface area contributed by atoms with E-state index in [2.05, 4.69) is 42.3 Å². The number of hydrogen-bond acceptors (Lipinski definition) is 2. The smallest absolute Gasteiger partial charge is 0.262 e. The summed E-state index contributed by atoms with van der Waals surface area (Å²) >= 11 is 0. The van der Waals surface area contributed by atoms with E-state index < -0.39 is 0 Å². The fourth-order valence-electron chi connectivity index (χ4n) is 4.21. The molecule has 0 bridgehead atoms. The highest BCUT2D eigenvalue weighted by Gasteiger charge is 2.28. The average Bonchev–Trinajstić information content (AvgIpc) is 3.03. The summed E-state index contributed by atoms with van der Waals surface area (Å²) < 4.78 is 4.11. The average molecular weight is 355 g/mol. The van der Waals surface area contributed by atoms with Crippen molar-refractivity contribution in [3.05, 3.63) is 71.0 Å². The first-order valence-corrected chi connectivity index (χ1v) is 9.50. The molecule has 2 aromatic carbocycles. The van der Waals surface area contributed by atoms with Gasteiger partial charge in [0.05, 0.1) is 23.1 Å². The lowest BCUT2D eigenvalue weighted by molar-refractivity contribution is 0.644. The van der Waals surface area contributed by atoms with Crippen molar-refractivity contribution in [3.8, 4) is 11.5 Å². The Bertz CT molecular complexity index is 1280. The Hall–Kier alpha value is -3.14. The lowest BCUT2D eigenvalue weighted by Gasteiger charge is -2.23. The van der Waals surface area contributed by atoms with Gasteiger partial charge in [0.2, 0.25) is 0 Å².